The van der Waals surface area contributed by atoms with Crippen LogP contribution in [0.3, 0.4) is 0 Å². The normalized spacial score (nSPS) is 22.8. The quantitative estimate of drug-likeness (QED) is 0.871. The molecule has 0 aromatic carbocycles. The Morgan fingerprint density at radius 3 is 2.39 bits per heavy atom. The first-order chi connectivity index (χ1) is 8.65. The maximum Gasteiger partial charge on any atom is 0.324 e. The second kappa shape index (κ2) is 5.60. The number of thioether (sulfide) groups is 1. The lowest BCUT2D eigenvalue weighted by Gasteiger charge is -2.22. The third-order valence-electron chi connectivity index (χ3n) is 2.88. The molecule has 1 fully saturated rings. The molecule has 2 rings (SSSR count). The van der Waals surface area contributed by atoms with Gasteiger partial charge in [-0.2, -0.15) is 21.7 Å². The van der Waals surface area contributed by atoms with Gasteiger partial charge in [-0.3, -0.25) is 0 Å². The van der Waals surface area contributed by atoms with Gasteiger partial charge in [0.15, 0.2) is 0 Å². The number of anilines is 1. The Morgan fingerprint density at radius 2 is 1.89 bits per heavy atom. The van der Waals surface area contributed by atoms with Gasteiger partial charge < -0.3 is 14.8 Å². The van der Waals surface area contributed by atoms with E-state index in [0.29, 0.717) is 5.95 Å². The molecule has 1 aliphatic rings. The molecule has 2 heterocycles. The summed E-state index contributed by atoms with van der Waals surface area (Å²) in [5.74, 6) is 1.72. The molecule has 1 saturated heterocycles. The van der Waals surface area contributed by atoms with Crippen LogP contribution >= 0.6 is 11.8 Å². The summed E-state index contributed by atoms with van der Waals surface area (Å²) in [6.45, 7) is 3.08. The standard InChI is InChI=1S/C11H18N4O2S/c1-11(5-4-6-18-11)7-12-8-13-9(16-2)15-10(14-8)17-3/h4-7H2,1-3H3,(H,12,13,14,15). The van der Waals surface area contributed by atoms with Crippen LogP contribution in [0.5, 0.6) is 12.0 Å². The van der Waals surface area contributed by atoms with Crippen LogP contribution < -0.4 is 14.8 Å². The van der Waals surface area contributed by atoms with Crippen molar-refractivity contribution in [3.8, 4) is 12.0 Å². The predicted octanol–water partition coefficient (Wildman–Crippen LogP) is 1.59. The average molecular weight is 270 g/mol. The van der Waals surface area contributed by atoms with Crippen LogP contribution in [-0.4, -0.2) is 46.2 Å². The number of nitrogens with zero attached hydrogens (tertiary/aromatic N) is 3. The number of rotatable bonds is 5. The fraction of sp³-hybridized carbons (Fsp3) is 0.727. The van der Waals surface area contributed by atoms with Crippen molar-refractivity contribution in [3.63, 3.8) is 0 Å². The molecule has 6 nitrogen and oxygen atoms in total. The van der Waals surface area contributed by atoms with Gasteiger partial charge in [0.2, 0.25) is 5.95 Å². The second-order valence-corrected chi connectivity index (χ2v) is 6.07. The lowest BCUT2D eigenvalue weighted by Crippen LogP contribution is -2.27. The molecule has 0 bridgehead atoms. The maximum absolute atomic E-state index is 5.01. The van der Waals surface area contributed by atoms with Crippen LogP contribution in [0.25, 0.3) is 0 Å². The van der Waals surface area contributed by atoms with Crippen molar-refractivity contribution in [2.24, 2.45) is 0 Å². The highest BCUT2D eigenvalue weighted by Crippen LogP contribution is 2.37. The fourth-order valence-corrected chi connectivity index (χ4v) is 3.09. The van der Waals surface area contributed by atoms with Crippen molar-refractivity contribution < 1.29 is 9.47 Å². The Labute approximate surface area is 111 Å². The van der Waals surface area contributed by atoms with Gasteiger partial charge >= 0.3 is 12.0 Å². The smallest absolute Gasteiger partial charge is 0.324 e. The number of ether oxygens (including phenoxy) is 2. The zero-order valence-corrected chi connectivity index (χ0v) is 11.7. The number of aromatic nitrogens is 3. The molecule has 7 heteroatoms. The van der Waals surface area contributed by atoms with E-state index in [1.54, 1.807) is 0 Å². The van der Waals surface area contributed by atoms with E-state index in [1.807, 2.05) is 11.8 Å². The Kier molecular flexibility index (Phi) is 4.11. The van der Waals surface area contributed by atoms with Crippen molar-refractivity contribution >= 4 is 17.7 Å². The zero-order valence-electron chi connectivity index (χ0n) is 10.9. The van der Waals surface area contributed by atoms with Gasteiger partial charge in [0.05, 0.1) is 14.2 Å². The molecule has 0 spiro atoms. The van der Waals surface area contributed by atoms with Crippen molar-refractivity contribution in [2.75, 3.05) is 31.8 Å². The summed E-state index contributed by atoms with van der Waals surface area (Å²) in [5, 5.41) is 3.23. The summed E-state index contributed by atoms with van der Waals surface area (Å²) in [7, 11) is 3.04. The van der Waals surface area contributed by atoms with E-state index in [4.69, 9.17) is 9.47 Å². The summed E-state index contributed by atoms with van der Waals surface area (Å²) >= 11 is 1.99. The van der Waals surface area contributed by atoms with Crippen LogP contribution in [-0.2, 0) is 0 Å². The van der Waals surface area contributed by atoms with E-state index in [9.17, 15) is 0 Å². The second-order valence-electron chi connectivity index (χ2n) is 4.39. The van der Waals surface area contributed by atoms with Crippen LogP contribution in [0, 0.1) is 0 Å². The third-order valence-corrected chi connectivity index (χ3v) is 4.42. The summed E-state index contributed by atoms with van der Waals surface area (Å²) in [6, 6.07) is 0.516. The third kappa shape index (κ3) is 3.16. The Bertz CT molecular complexity index is 388. The Hall–Kier alpha value is -1.24. The maximum atomic E-state index is 5.01. The van der Waals surface area contributed by atoms with Crippen LogP contribution in [0.2, 0.25) is 0 Å². The van der Waals surface area contributed by atoms with Crippen molar-refractivity contribution in [1.29, 1.82) is 0 Å². The first kappa shape index (κ1) is 13.2. The SMILES string of the molecule is COc1nc(NCC2(C)CCCS2)nc(OC)n1. The van der Waals surface area contributed by atoms with Gasteiger partial charge in [0.1, 0.15) is 0 Å². The van der Waals surface area contributed by atoms with Crippen LogP contribution in [0.15, 0.2) is 0 Å². The predicted molar refractivity (Wildman–Crippen MR) is 71.5 cm³/mol. The molecule has 0 radical (unpaired) electrons. The Balaban J connectivity index is 2.04. The van der Waals surface area contributed by atoms with Crippen LogP contribution in [0.4, 0.5) is 5.95 Å². The van der Waals surface area contributed by atoms with Crippen molar-refractivity contribution in [1.82, 2.24) is 15.0 Å². The molecule has 100 valence electrons. The number of hydrogen-bond donors (Lipinski definition) is 1. The van der Waals surface area contributed by atoms with Gasteiger partial charge in [-0.25, -0.2) is 0 Å². The molecule has 0 aliphatic carbocycles. The molecule has 1 unspecified atom stereocenters. The van der Waals surface area contributed by atoms with Crippen molar-refractivity contribution in [2.45, 2.75) is 24.5 Å². The minimum Gasteiger partial charge on any atom is -0.467 e. The van der Waals surface area contributed by atoms with Gasteiger partial charge in [-0.15, -0.1) is 4.98 Å². The first-order valence-corrected chi connectivity index (χ1v) is 6.86. The lowest BCUT2D eigenvalue weighted by atomic mass is 10.1. The Morgan fingerprint density at radius 1 is 1.22 bits per heavy atom. The molecule has 1 aromatic heterocycles. The molecule has 1 aromatic rings. The van der Waals surface area contributed by atoms with E-state index in [1.165, 1.54) is 32.8 Å². The zero-order chi connectivity index (χ0) is 13.0. The molecule has 18 heavy (non-hydrogen) atoms. The van der Waals surface area contributed by atoms with Gasteiger partial charge in [-0.1, -0.05) is 0 Å². The monoisotopic (exact) mass is 270 g/mol. The molecular formula is C11H18N4O2S. The highest BCUT2D eigenvalue weighted by atomic mass is 32.2. The lowest BCUT2D eigenvalue weighted by molar-refractivity contribution is 0.341. The van der Waals surface area contributed by atoms with E-state index < -0.39 is 0 Å². The topological polar surface area (TPSA) is 69.2 Å². The minimum atomic E-state index is 0.257. The van der Waals surface area contributed by atoms with Gasteiger partial charge in [-0.05, 0) is 25.5 Å². The summed E-state index contributed by atoms with van der Waals surface area (Å²) < 4.78 is 10.3. The largest absolute Gasteiger partial charge is 0.467 e. The highest BCUT2D eigenvalue weighted by molar-refractivity contribution is 8.00. The number of methoxy groups -OCH3 is 2. The molecule has 1 atom stereocenters. The van der Waals surface area contributed by atoms with Crippen molar-refractivity contribution in [3.05, 3.63) is 0 Å². The molecular weight excluding hydrogens is 252 g/mol. The van der Waals surface area contributed by atoms with E-state index in [2.05, 4.69) is 27.2 Å². The highest BCUT2D eigenvalue weighted by Gasteiger charge is 2.29. The molecule has 1 aliphatic heterocycles. The van der Waals surface area contributed by atoms with E-state index in [-0.39, 0.29) is 16.8 Å². The fourth-order valence-electron chi connectivity index (χ4n) is 1.84. The number of nitrogens with one attached hydrogen (secondary N) is 1. The molecule has 0 amide bonds. The van der Waals surface area contributed by atoms with E-state index >= 15 is 0 Å². The summed E-state index contributed by atoms with van der Waals surface area (Å²) in [4.78, 5) is 12.2. The first-order valence-electron chi connectivity index (χ1n) is 5.87. The summed E-state index contributed by atoms with van der Waals surface area (Å²) in [6.07, 6.45) is 2.48. The van der Waals surface area contributed by atoms with Gasteiger partial charge in [0, 0.05) is 11.3 Å². The minimum absolute atomic E-state index is 0.257. The van der Waals surface area contributed by atoms with Crippen LogP contribution in [0.1, 0.15) is 19.8 Å². The average Bonchev–Trinajstić information content (AvgIpc) is 2.83. The summed E-state index contributed by atoms with van der Waals surface area (Å²) in [5.41, 5.74) is 0. The van der Waals surface area contributed by atoms with Gasteiger partial charge in [0.25, 0.3) is 0 Å². The molecule has 0 saturated carbocycles. The van der Waals surface area contributed by atoms with E-state index in [0.717, 1.165) is 6.54 Å². The number of hydrogen-bond acceptors (Lipinski definition) is 7. The molecule has 1 N–H and O–H groups in total.